The van der Waals surface area contributed by atoms with Crippen molar-refractivity contribution < 1.29 is 4.42 Å². The van der Waals surface area contributed by atoms with Crippen LogP contribution in [0.2, 0.25) is 0 Å². The number of furan rings is 1. The van der Waals surface area contributed by atoms with E-state index in [0.29, 0.717) is 17.4 Å². The Morgan fingerprint density at radius 1 is 1.47 bits per heavy atom. The number of fused-ring (bicyclic) bond motifs is 1. The van der Waals surface area contributed by atoms with Crippen LogP contribution in [0.4, 0.5) is 0 Å². The average molecular weight is 207 g/mol. The van der Waals surface area contributed by atoms with Crippen LogP contribution in [-0.2, 0) is 6.42 Å². The predicted octanol–water partition coefficient (Wildman–Crippen LogP) is 3.15. The summed E-state index contributed by atoms with van der Waals surface area (Å²) in [5.74, 6) is 1.73. The van der Waals surface area contributed by atoms with Crippen LogP contribution in [0.3, 0.4) is 0 Å². The van der Waals surface area contributed by atoms with Gasteiger partial charge in [0.25, 0.3) is 0 Å². The van der Waals surface area contributed by atoms with Gasteiger partial charge in [-0.2, -0.15) is 0 Å². The minimum absolute atomic E-state index is 0.305. The smallest absolute Gasteiger partial charge is 0.124 e. The molecule has 2 heteroatoms. The van der Waals surface area contributed by atoms with Crippen LogP contribution < -0.4 is 5.32 Å². The number of nitrogens with one attached hydrogen (secondary N) is 1. The largest absolute Gasteiger partial charge is 0.467 e. The first-order valence-corrected chi connectivity index (χ1v) is 5.80. The van der Waals surface area contributed by atoms with Crippen molar-refractivity contribution in [2.75, 3.05) is 6.54 Å². The van der Waals surface area contributed by atoms with Crippen molar-refractivity contribution in [2.45, 2.75) is 40.2 Å². The minimum atomic E-state index is 0.305. The molecule has 0 radical (unpaired) electrons. The maximum absolute atomic E-state index is 5.62. The highest BCUT2D eigenvalue weighted by Crippen LogP contribution is 2.38. The average Bonchev–Trinajstić information content (AvgIpc) is 2.62. The van der Waals surface area contributed by atoms with Gasteiger partial charge in [-0.25, -0.2) is 0 Å². The predicted molar refractivity (Wildman–Crippen MR) is 61.8 cm³/mol. The fraction of sp³-hybridized carbons (Fsp3) is 0.692. The molecule has 1 aliphatic heterocycles. The molecule has 2 unspecified atom stereocenters. The van der Waals surface area contributed by atoms with Gasteiger partial charge in [-0.1, -0.05) is 27.7 Å². The summed E-state index contributed by atoms with van der Waals surface area (Å²) in [4.78, 5) is 0. The van der Waals surface area contributed by atoms with E-state index in [2.05, 4.69) is 39.1 Å². The van der Waals surface area contributed by atoms with Gasteiger partial charge in [-0.15, -0.1) is 0 Å². The van der Waals surface area contributed by atoms with Crippen molar-refractivity contribution in [2.24, 2.45) is 11.3 Å². The van der Waals surface area contributed by atoms with Crippen molar-refractivity contribution >= 4 is 0 Å². The molecule has 0 bridgehead atoms. The van der Waals surface area contributed by atoms with E-state index in [-0.39, 0.29) is 0 Å². The summed E-state index contributed by atoms with van der Waals surface area (Å²) in [7, 11) is 0. The lowest BCUT2D eigenvalue weighted by molar-refractivity contribution is 0.174. The molecule has 84 valence electrons. The van der Waals surface area contributed by atoms with E-state index >= 15 is 0 Å². The van der Waals surface area contributed by atoms with Gasteiger partial charge in [-0.3, -0.25) is 0 Å². The fourth-order valence-corrected chi connectivity index (χ4v) is 2.19. The van der Waals surface area contributed by atoms with E-state index in [1.807, 2.05) is 6.26 Å². The maximum Gasteiger partial charge on any atom is 0.124 e. The van der Waals surface area contributed by atoms with E-state index < -0.39 is 0 Å². The van der Waals surface area contributed by atoms with Crippen LogP contribution in [-0.4, -0.2) is 6.54 Å². The topological polar surface area (TPSA) is 25.2 Å². The highest BCUT2D eigenvalue weighted by Gasteiger charge is 2.34. The first-order chi connectivity index (χ1) is 7.00. The van der Waals surface area contributed by atoms with Crippen molar-refractivity contribution in [1.82, 2.24) is 5.32 Å². The summed E-state index contributed by atoms with van der Waals surface area (Å²) < 4.78 is 5.62. The molecular weight excluding hydrogens is 186 g/mol. The van der Waals surface area contributed by atoms with Gasteiger partial charge in [-0.05, 0) is 35.9 Å². The third kappa shape index (κ3) is 1.96. The van der Waals surface area contributed by atoms with E-state index in [1.165, 1.54) is 5.56 Å². The molecule has 15 heavy (non-hydrogen) atoms. The van der Waals surface area contributed by atoms with E-state index in [0.717, 1.165) is 18.7 Å². The third-order valence-electron chi connectivity index (χ3n) is 3.69. The van der Waals surface area contributed by atoms with Gasteiger partial charge in [0.15, 0.2) is 0 Å². The molecular formula is C13H21NO. The Labute approximate surface area is 92.1 Å². The van der Waals surface area contributed by atoms with Crippen LogP contribution in [0, 0.1) is 11.3 Å². The van der Waals surface area contributed by atoms with Crippen molar-refractivity contribution in [1.29, 1.82) is 0 Å². The molecule has 1 aromatic heterocycles. The second kappa shape index (κ2) is 3.67. The Hall–Kier alpha value is -0.760. The van der Waals surface area contributed by atoms with Gasteiger partial charge >= 0.3 is 0 Å². The molecule has 1 aliphatic rings. The lowest BCUT2D eigenvalue weighted by Gasteiger charge is -2.36. The highest BCUT2D eigenvalue weighted by molar-refractivity contribution is 5.24. The van der Waals surface area contributed by atoms with E-state index in [4.69, 9.17) is 4.42 Å². The van der Waals surface area contributed by atoms with Crippen molar-refractivity contribution in [3.05, 3.63) is 23.7 Å². The summed E-state index contributed by atoms with van der Waals surface area (Å²) in [6, 6.07) is 2.49. The van der Waals surface area contributed by atoms with Gasteiger partial charge in [0.1, 0.15) is 5.76 Å². The summed E-state index contributed by atoms with van der Waals surface area (Å²) >= 11 is 0. The number of hydrogen-bond acceptors (Lipinski definition) is 2. The summed E-state index contributed by atoms with van der Waals surface area (Å²) in [6.45, 7) is 10.2. The Balaban J connectivity index is 2.26. The van der Waals surface area contributed by atoms with E-state index in [1.54, 1.807) is 0 Å². The molecule has 0 aliphatic carbocycles. The monoisotopic (exact) mass is 207 g/mol. The molecule has 1 N–H and O–H groups in total. The van der Waals surface area contributed by atoms with E-state index in [9.17, 15) is 0 Å². The van der Waals surface area contributed by atoms with Crippen LogP contribution in [0.15, 0.2) is 16.7 Å². The molecule has 0 fully saturated rings. The normalized spacial score (nSPS) is 23.6. The fourth-order valence-electron chi connectivity index (χ4n) is 2.19. The van der Waals surface area contributed by atoms with Gasteiger partial charge < -0.3 is 9.73 Å². The van der Waals surface area contributed by atoms with Gasteiger partial charge in [0.2, 0.25) is 0 Å². The Kier molecular flexibility index (Phi) is 2.63. The van der Waals surface area contributed by atoms with Crippen LogP contribution >= 0.6 is 0 Å². The molecule has 0 amide bonds. The standard InChI is InChI=1S/C13H21NO/c1-9(13(2,3)4)11-12-10(5-7-14-11)6-8-15-12/h6,8-9,11,14H,5,7H2,1-4H3. The molecule has 1 aromatic rings. The first kappa shape index (κ1) is 10.7. The lowest BCUT2D eigenvalue weighted by Crippen LogP contribution is -2.37. The molecule has 2 heterocycles. The Morgan fingerprint density at radius 2 is 2.20 bits per heavy atom. The van der Waals surface area contributed by atoms with Gasteiger partial charge in [0.05, 0.1) is 12.3 Å². The molecule has 2 rings (SSSR count). The second-order valence-electron chi connectivity index (χ2n) is 5.65. The SMILES string of the molecule is CC(C1NCCc2ccoc21)C(C)(C)C. The zero-order valence-corrected chi connectivity index (χ0v) is 10.1. The zero-order chi connectivity index (χ0) is 11.1. The molecule has 2 atom stereocenters. The summed E-state index contributed by atoms with van der Waals surface area (Å²) in [5.41, 5.74) is 1.69. The lowest BCUT2D eigenvalue weighted by atomic mass is 9.75. The molecule has 2 nitrogen and oxygen atoms in total. The Morgan fingerprint density at radius 3 is 2.87 bits per heavy atom. The summed E-state index contributed by atoms with van der Waals surface area (Å²) in [5, 5.41) is 3.57. The van der Waals surface area contributed by atoms with Crippen LogP contribution in [0.5, 0.6) is 0 Å². The molecule has 0 saturated heterocycles. The quantitative estimate of drug-likeness (QED) is 0.765. The Bertz CT molecular complexity index is 335. The van der Waals surface area contributed by atoms with Crippen LogP contribution in [0.1, 0.15) is 45.1 Å². The number of rotatable bonds is 1. The minimum Gasteiger partial charge on any atom is -0.467 e. The number of hydrogen-bond donors (Lipinski definition) is 1. The maximum atomic E-state index is 5.62. The third-order valence-corrected chi connectivity index (χ3v) is 3.69. The first-order valence-electron chi connectivity index (χ1n) is 5.80. The highest BCUT2D eigenvalue weighted by atomic mass is 16.3. The van der Waals surface area contributed by atoms with Crippen molar-refractivity contribution in [3.63, 3.8) is 0 Å². The molecule has 0 spiro atoms. The van der Waals surface area contributed by atoms with Gasteiger partial charge in [0, 0.05) is 0 Å². The molecule has 0 aromatic carbocycles. The zero-order valence-electron chi connectivity index (χ0n) is 10.1. The molecule has 0 saturated carbocycles. The second-order valence-corrected chi connectivity index (χ2v) is 5.65. The van der Waals surface area contributed by atoms with Crippen molar-refractivity contribution in [3.8, 4) is 0 Å². The van der Waals surface area contributed by atoms with Crippen LogP contribution in [0.25, 0.3) is 0 Å². The summed E-state index contributed by atoms with van der Waals surface area (Å²) in [6.07, 6.45) is 2.92.